The minimum Gasteiger partial charge on any atom is -0.405 e. The topological polar surface area (TPSA) is 80.6 Å². The smallest absolute Gasteiger partial charge is 0.405 e. The Morgan fingerprint density at radius 1 is 1.06 bits per heavy atom. The molecule has 1 atom stereocenters. The van der Waals surface area contributed by atoms with Crippen LogP contribution in [-0.4, -0.2) is 40.7 Å². The molecule has 1 aliphatic heterocycles. The van der Waals surface area contributed by atoms with Crippen molar-refractivity contribution in [1.29, 1.82) is 0 Å². The summed E-state index contributed by atoms with van der Waals surface area (Å²) in [6.07, 6.45) is 2.44. The van der Waals surface area contributed by atoms with Gasteiger partial charge in [-0.3, -0.25) is 14.4 Å². The van der Waals surface area contributed by atoms with Crippen molar-refractivity contribution in [2.45, 2.75) is 64.9 Å². The van der Waals surface area contributed by atoms with Crippen LogP contribution in [-0.2, 0) is 6.54 Å². The molecule has 1 saturated heterocycles. The van der Waals surface area contributed by atoms with Crippen molar-refractivity contribution in [3.8, 4) is 5.75 Å². The van der Waals surface area contributed by atoms with Crippen molar-refractivity contribution in [2.24, 2.45) is 0 Å². The molecule has 190 valence electrons. The Bertz CT molecular complexity index is 1110. The molecule has 10 heteroatoms. The summed E-state index contributed by atoms with van der Waals surface area (Å²) >= 11 is 0. The van der Waals surface area contributed by atoms with E-state index >= 15 is 0 Å². The first-order chi connectivity index (χ1) is 16.6. The molecule has 0 spiro atoms. The first kappa shape index (κ1) is 26.3. The minimum atomic E-state index is -4.88. The fourth-order valence-corrected chi connectivity index (χ4v) is 3.97. The summed E-state index contributed by atoms with van der Waals surface area (Å²) in [7, 11) is 0. The molecule has 0 aliphatic carbocycles. The van der Waals surface area contributed by atoms with Gasteiger partial charge in [0.2, 0.25) is 5.43 Å². The molecule has 0 unspecified atom stereocenters. The highest BCUT2D eigenvalue weighted by Gasteiger charge is 2.32. The maximum absolute atomic E-state index is 13.2. The van der Waals surface area contributed by atoms with Gasteiger partial charge in [-0.05, 0) is 32.3 Å². The van der Waals surface area contributed by atoms with Crippen molar-refractivity contribution in [2.75, 3.05) is 13.1 Å². The summed E-state index contributed by atoms with van der Waals surface area (Å²) in [4.78, 5) is 41.1. The first-order valence-corrected chi connectivity index (χ1v) is 11.8. The van der Waals surface area contributed by atoms with Crippen molar-refractivity contribution < 1.29 is 27.5 Å². The Morgan fingerprint density at radius 2 is 1.69 bits per heavy atom. The third kappa shape index (κ3) is 6.86. The zero-order valence-corrected chi connectivity index (χ0v) is 19.9. The van der Waals surface area contributed by atoms with Crippen LogP contribution in [0.1, 0.15) is 78.3 Å². The van der Waals surface area contributed by atoms with E-state index in [0.29, 0.717) is 19.5 Å². The SMILES string of the molecule is CC[C@H](C)n1cc(C(=O)NCc2ccccc2OC(F)(F)F)c(=O)c(C(=O)N2CCCCCC2)c1. The highest BCUT2D eigenvalue weighted by atomic mass is 19.4. The molecule has 2 aromatic rings. The van der Waals surface area contributed by atoms with Crippen LogP contribution in [0.4, 0.5) is 13.2 Å². The summed E-state index contributed by atoms with van der Waals surface area (Å²) < 4.78 is 43.8. The molecule has 3 rings (SSSR count). The lowest BCUT2D eigenvalue weighted by molar-refractivity contribution is -0.274. The number of pyridine rings is 1. The Balaban J connectivity index is 1.89. The molecule has 1 fully saturated rings. The van der Waals surface area contributed by atoms with E-state index in [0.717, 1.165) is 31.7 Å². The van der Waals surface area contributed by atoms with Crippen LogP contribution in [0.5, 0.6) is 5.75 Å². The summed E-state index contributed by atoms with van der Waals surface area (Å²) in [5.74, 6) is -1.63. The molecule has 0 radical (unpaired) electrons. The maximum atomic E-state index is 13.2. The van der Waals surface area contributed by atoms with Crippen molar-refractivity contribution in [3.63, 3.8) is 0 Å². The number of nitrogens with zero attached hydrogens (tertiary/aromatic N) is 2. The van der Waals surface area contributed by atoms with Gasteiger partial charge in [0.05, 0.1) is 0 Å². The molecular formula is C25H30F3N3O4. The first-order valence-electron chi connectivity index (χ1n) is 11.8. The lowest BCUT2D eigenvalue weighted by atomic mass is 10.1. The highest BCUT2D eigenvalue weighted by molar-refractivity contribution is 5.99. The number of hydrogen-bond donors (Lipinski definition) is 1. The lowest BCUT2D eigenvalue weighted by Crippen LogP contribution is -2.38. The van der Waals surface area contributed by atoms with Gasteiger partial charge in [0, 0.05) is 43.6 Å². The van der Waals surface area contributed by atoms with Gasteiger partial charge < -0.3 is 19.5 Å². The van der Waals surface area contributed by atoms with E-state index in [1.165, 1.54) is 30.6 Å². The third-order valence-corrected chi connectivity index (χ3v) is 6.15. The number of amides is 2. The van der Waals surface area contributed by atoms with Crippen LogP contribution in [0, 0.1) is 0 Å². The lowest BCUT2D eigenvalue weighted by Gasteiger charge is -2.22. The highest BCUT2D eigenvalue weighted by Crippen LogP contribution is 2.26. The Kier molecular flexibility index (Phi) is 8.58. The average molecular weight is 494 g/mol. The second kappa shape index (κ2) is 11.4. The number of carbonyl (C=O) groups excluding carboxylic acids is 2. The van der Waals surface area contributed by atoms with E-state index in [4.69, 9.17) is 0 Å². The molecule has 35 heavy (non-hydrogen) atoms. The quantitative estimate of drug-likeness (QED) is 0.608. The van der Waals surface area contributed by atoms with Crippen LogP contribution in [0.15, 0.2) is 41.5 Å². The van der Waals surface area contributed by atoms with E-state index < -0.39 is 29.4 Å². The number of alkyl halides is 3. The number of aromatic nitrogens is 1. The molecule has 1 aromatic heterocycles. The van der Waals surface area contributed by atoms with E-state index in [2.05, 4.69) is 10.1 Å². The zero-order valence-electron chi connectivity index (χ0n) is 19.9. The van der Waals surface area contributed by atoms with Gasteiger partial charge in [-0.15, -0.1) is 13.2 Å². The number of likely N-dealkylation sites (tertiary alicyclic amines) is 1. The molecule has 2 heterocycles. The van der Waals surface area contributed by atoms with Crippen LogP contribution < -0.4 is 15.5 Å². The number of ether oxygens (including phenoxy) is 1. The Hall–Kier alpha value is -3.30. The van der Waals surface area contributed by atoms with Crippen molar-refractivity contribution in [3.05, 3.63) is 63.6 Å². The molecule has 0 bridgehead atoms. The second-order valence-corrected chi connectivity index (χ2v) is 8.66. The standard InChI is InChI=1S/C25H30F3N3O4/c1-3-17(2)31-15-19(22(32)20(16-31)24(34)30-12-8-4-5-9-13-30)23(33)29-14-18-10-6-7-11-21(18)35-25(26,27)28/h6-7,10-11,15-17H,3-5,8-9,12-14H2,1-2H3,(H,29,33)/t17-/m0/s1. The molecule has 1 N–H and O–H groups in total. The van der Waals surface area contributed by atoms with Crippen LogP contribution in [0.2, 0.25) is 0 Å². The van der Waals surface area contributed by atoms with E-state index in [1.807, 2.05) is 13.8 Å². The second-order valence-electron chi connectivity index (χ2n) is 8.66. The van der Waals surface area contributed by atoms with E-state index in [9.17, 15) is 27.6 Å². The number of benzene rings is 1. The van der Waals surface area contributed by atoms with Gasteiger partial charge >= 0.3 is 6.36 Å². The third-order valence-electron chi connectivity index (χ3n) is 6.15. The Morgan fingerprint density at radius 3 is 2.31 bits per heavy atom. The number of halogens is 3. The van der Waals surface area contributed by atoms with E-state index in [-0.39, 0.29) is 29.3 Å². The summed E-state index contributed by atoms with van der Waals surface area (Å²) in [6.45, 7) is 4.65. The fraction of sp³-hybridized carbons (Fsp3) is 0.480. The monoisotopic (exact) mass is 493 g/mol. The number of nitrogens with one attached hydrogen (secondary N) is 1. The van der Waals surface area contributed by atoms with Gasteiger partial charge in [-0.25, -0.2) is 0 Å². The number of hydrogen-bond acceptors (Lipinski definition) is 4. The normalized spacial score (nSPS) is 15.3. The largest absolute Gasteiger partial charge is 0.573 e. The van der Waals surface area contributed by atoms with Crippen molar-refractivity contribution >= 4 is 11.8 Å². The van der Waals surface area contributed by atoms with Crippen LogP contribution in [0.25, 0.3) is 0 Å². The molecule has 7 nitrogen and oxygen atoms in total. The average Bonchev–Trinajstić information content (AvgIpc) is 3.11. The van der Waals surface area contributed by atoms with Gasteiger partial charge in [-0.2, -0.15) is 0 Å². The van der Waals surface area contributed by atoms with Crippen LogP contribution >= 0.6 is 0 Å². The molecular weight excluding hydrogens is 463 g/mol. The van der Waals surface area contributed by atoms with Gasteiger partial charge in [-0.1, -0.05) is 38.0 Å². The zero-order chi connectivity index (χ0) is 25.6. The number of para-hydroxylation sites is 1. The minimum absolute atomic E-state index is 0.0827. The summed E-state index contributed by atoms with van der Waals surface area (Å²) in [5, 5.41) is 2.50. The van der Waals surface area contributed by atoms with Crippen LogP contribution in [0.3, 0.4) is 0 Å². The molecule has 2 amide bonds. The summed E-state index contributed by atoms with van der Waals surface area (Å²) in [6, 6.07) is 5.35. The van der Waals surface area contributed by atoms with Gasteiger partial charge in [0.15, 0.2) is 0 Å². The fourth-order valence-electron chi connectivity index (χ4n) is 3.97. The predicted octanol–water partition coefficient (Wildman–Crippen LogP) is 4.66. The van der Waals surface area contributed by atoms with Gasteiger partial charge in [0.1, 0.15) is 16.9 Å². The predicted molar refractivity (Wildman–Crippen MR) is 124 cm³/mol. The summed E-state index contributed by atoms with van der Waals surface area (Å²) in [5.41, 5.74) is -0.922. The number of rotatable bonds is 7. The van der Waals surface area contributed by atoms with E-state index in [1.54, 1.807) is 9.47 Å². The Labute approximate surface area is 201 Å². The molecule has 1 aliphatic rings. The molecule has 0 saturated carbocycles. The van der Waals surface area contributed by atoms with Crippen molar-refractivity contribution in [1.82, 2.24) is 14.8 Å². The number of carbonyl (C=O) groups is 2. The molecule has 1 aromatic carbocycles. The maximum Gasteiger partial charge on any atom is 0.573 e. The van der Waals surface area contributed by atoms with Gasteiger partial charge in [0.25, 0.3) is 11.8 Å².